The average Bonchev–Trinajstić information content (AvgIpc) is 2.61. The highest BCUT2D eigenvalue weighted by Crippen LogP contribution is 2.22. The molecule has 0 atom stereocenters. The Balaban J connectivity index is 1.98. The maximum absolute atomic E-state index is 13.6. The van der Waals surface area contributed by atoms with Gasteiger partial charge in [0.1, 0.15) is 0 Å². The first-order valence-electron chi connectivity index (χ1n) is 7.37. The van der Waals surface area contributed by atoms with Gasteiger partial charge >= 0.3 is 5.97 Å². The number of rotatable bonds is 6. The summed E-state index contributed by atoms with van der Waals surface area (Å²) in [5, 5.41) is 13.2. The SMILES string of the molecule is COc1ccc(C(=O)OCC(=O)Nc2cc([N+](=O)[O-])ccc2C)cc1F. The number of carbonyl (C=O) groups is 2. The second kappa shape index (κ2) is 8.06. The first kappa shape index (κ1) is 18.8. The number of anilines is 1. The minimum atomic E-state index is -0.891. The Morgan fingerprint density at radius 3 is 2.58 bits per heavy atom. The fraction of sp³-hybridized carbons (Fsp3) is 0.176. The highest BCUT2D eigenvalue weighted by atomic mass is 19.1. The van der Waals surface area contributed by atoms with Crippen molar-refractivity contribution in [2.45, 2.75) is 6.92 Å². The van der Waals surface area contributed by atoms with E-state index in [1.807, 2.05) is 0 Å². The number of non-ortho nitro benzene ring substituents is 1. The van der Waals surface area contributed by atoms with Crippen molar-refractivity contribution in [2.24, 2.45) is 0 Å². The van der Waals surface area contributed by atoms with E-state index in [1.54, 1.807) is 6.92 Å². The summed E-state index contributed by atoms with van der Waals surface area (Å²) in [6.45, 7) is 1.03. The number of carbonyl (C=O) groups excluding carboxylic acids is 2. The molecular formula is C17H15FN2O6. The third kappa shape index (κ3) is 4.53. The highest BCUT2D eigenvalue weighted by Gasteiger charge is 2.15. The van der Waals surface area contributed by atoms with Crippen LogP contribution in [-0.4, -0.2) is 30.5 Å². The van der Waals surface area contributed by atoms with Crippen LogP contribution in [0.4, 0.5) is 15.8 Å². The summed E-state index contributed by atoms with van der Waals surface area (Å²) in [5.41, 5.74) is 0.572. The van der Waals surface area contributed by atoms with Crippen molar-refractivity contribution in [3.63, 3.8) is 0 Å². The standard InChI is InChI=1S/C17H15FN2O6/c1-10-3-5-12(20(23)24)8-14(10)19-16(21)9-26-17(22)11-4-6-15(25-2)13(18)7-11/h3-8H,9H2,1-2H3,(H,19,21). The topological polar surface area (TPSA) is 108 Å². The van der Waals surface area contributed by atoms with Crippen LogP contribution in [0.15, 0.2) is 36.4 Å². The number of aryl methyl sites for hydroxylation is 1. The lowest BCUT2D eigenvalue weighted by Crippen LogP contribution is -2.21. The van der Waals surface area contributed by atoms with Crippen molar-refractivity contribution < 1.29 is 28.4 Å². The maximum atomic E-state index is 13.6. The quantitative estimate of drug-likeness (QED) is 0.481. The number of ether oxygens (including phenoxy) is 2. The molecule has 9 heteroatoms. The van der Waals surface area contributed by atoms with Crippen LogP contribution in [-0.2, 0) is 9.53 Å². The van der Waals surface area contributed by atoms with Crippen LogP contribution in [0.2, 0.25) is 0 Å². The Hall–Kier alpha value is -3.49. The molecule has 0 saturated heterocycles. The number of amides is 1. The summed E-state index contributed by atoms with van der Waals surface area (Å²) in [4.78, 5) is 34.0. The lowest BCUT2D eigenvalue weighted by Gasteiger charge is -2.09. The Morgan fingerprint density at radius 1 is 1.23 bits per heavy atom. The van der Waals surface area contributed by atoms with Gasteiger partial charge in [0.2, 0.25) is 0 Å². The summed E-state index contributed by atoms with van der Waals surface area (Å²) in [5.74, 6) is -2.34. The fourth-order valence-electron chi connectivity index (χ4n) is 2.05. The Labute approximate surface area is 147 Å². The van der Waals surface area contributed by atoms with Gasteiger partial charge in [-0.25, -0.2) is 9.18 Å². The monoisotopic (exact) mass is 362 g/mol. The van der Waals surface area contributed by atoms with Gasteiger partial charge in [-0.2, -0.15) is 0 Å². The molecule has 0 fully saturated rings. The normalized spacial score (nSPS) is 10.1. The van der Waals surface area contributed by atoms with E-state index >= 15 is 0 Å². The number of methoxy groups -OCH3 is 1. The van der Waals surface area contributed by atoms with Gasteiger partial charge in [0.15, 0.2) is 18.2 Å². The van der Waals surface area contributed by atoms with Gasteiger partial charge in [-0.15, -0.1) is 0 Å². The van der Waals surface area contributed by atoms with Crippen molar-refractivity contribution in [2.75, 3.05) is 19.0 Å². The number of halogens is 1. The molecule has 2 rings (SSSR count). The molecule has 0 saturated carbocycles. The van der Waals surface area contributed by atoms with E-state index in [-0.39, 0.29) is 22.7 Å². The molecule has 0 unspecified atom stereocenters. The van der Waals surface area contributed by atoms with Crippen LogP contribution < -0.4 is 10.1 Å². The fourth-order valence-corrected chi connectivity index (χ4v) is 2.05. The predicted molar refractivity (Wildman–Crippen MR) is 89.7 cm³/mol. The maximum Gasteiger partial charge on any atom is 0.338 e. The molecule has 136 valence electrons. The molecule has 2 aromatic rings. The third-order valence-electron chi connectivity index (χ3n) is 3.43. The van der Waals surface area contributed by atoms with Crippen LogP contribution in [0, 0.1) is 22.9 Å². The highest BCUT2D eigenvalue weighted by molar-refractivity contribution is 5.96. The smallest absolute Gasteiger partial charge is 0.338 e. The molecule has 2 aromatic carbocycles. The lowest BCUT2D eigenvalue weighted by atomic mass is 10.2. The summed E-state index contributed by atoms with van der Waals surface area (Å²) in [7, 11) is 1.29. The summed E-state index contributed by atoms with van der Waals surface area (Å²) in [6.07, 6.45) is 0. The minimum absolute atomic E-state index is 0.0274. The zero-order valence-corrected chi connectivity index (χ0v) is 13.9. The second-order valence-corrected chi connectivity index (χ2v) is 5.23. The zero-order valence-electron chi connectivity index (χ0n) is 13.9. The van der Waals surface area contributed by atoms with Crippen LogP contribution in [0.1, 0.15) is 15.9 Å². The third-order valence-corrected chi connectivity index (χ3v) is 3.43. The van der Waals surface area contributed by atoms with Crippen molar-refractivity contribution in [1.29, 1.82) is 0 Å². The van der Waals surface area contributed by atoms with E-state index in [2.05, 4.69) is 5.32 Å². The first-order chi connectivity index (χ1) is 12.3. The van der Waals surface area contributed by atoms with Gasteiger partial charge in [0.05, 0.1) is 23.3 Å². The van der Waals surface area contributed by atoms with Crippen molar-refractivity contribution in [3.8, 4) is 5.75 Å². The lowest BCUT2D eigenvalue weighted by molar-refractivity contribution is -0.384. The van der Waals surface area contributed by atoms with Crippen LogP contribution in [0.3, 0.4) is 0 Å². The van der Waals surface area contributed by atoms with Crippen molar-refractivity contribution in [1.82, 2.24) is 0 Å². The number of benzene rings is 2. The molecule has 0 bridgehead atoms. The van der Waals surface area contributed by atoms with E-state index in [1.165, 1.54) is 37.4 Å². The van der Waals surface area contributed by atoms with E-state index < -0.39 is 29.2 Å². The number of nitrogens with zero attached hydrogens (tertiary/aromatic N) is 1. The van der Waals surface area contributed by atoms with Gasteiger partial charge in [-0.05, 0) is 30.7 Å². The van der Waals surface area contributed by atoms with Crippen LogP contribution in [0.25, 0.3) is 0 Å². The molecular weight excluding hydrogens is 347 g/mol. The molecule has 1 amide bonds. The summed E-state index contributed by atoms with van der Waals surface area (Å²) >= 11 is 0. The summed E-state index contributed by atoms with van der Waals surface area (Å²) < 4.78 is 23.1. The molecule has 0 aromatic heterocycles. The molecule has 0 spiro atoms. The van der Waals surface area contributed by atoms with E-state index in [0.29, 0.717) is 5.56 Å². The van der Waals surface area contributed by atoms with Crippen molar-refractivity contribution >= 4 is 23.3 Å². The van der Waals surface area contributed by atoms with E-state index in [4.69, 9.17) is 9.47 Å². The largest absolute Gasteiger partial charge is 0.494 e. The predicted octanol–water partition coefficient (Wildman–Crippen LogP) is 2.85. The number of hydrogen-bond donors (Lipinski definition) is 1. The molecule has 8 nitrogen and oxygen atoms in total. The number of hydrogen-bond acceptors (Lipinski definition) is 6. The van der Waals surface area contributed by atoms with E-state index in [9.17, 15) is 24.1 Å². The molecule has 0 heterocycles. The van der Waals surface area contributed by atoms with Crippen molar-refractivity contribution in [3.05, 3.63) is 63.5 Å². The van der Waals surface area contributed by atoms with Crippen LogP contribution in [0.5, 0.6) is 5.75 Å². The molecule has 0 radical (unpaired) electrons. The van der Waals surface area contributed by atoms with E-state index in [0.717, 1.165) is 6.07 Å². The van der Waals surface area contributed by atoms with Crippen LogP contribution >= 0.6 is 0 Å². The molecule has 26 heavy (non-hydrogen) atoms. The van der Waals surface area contributed by atoms with Gasteiger partial charge in [-0.1, -0.05) is 6.07 Å². The zero-order chi connectivity index (χ0) is 19.3. The average molecular weight is 362 g/mol. The second-order valence-electron chi connectivity index (χ2n) is 5.23. The van der Waals surface area contributed by atoms with Gasteiger partial charge < -0.3 is 14.8 Å². The molecule has 1 N–H and O–H groups in total. The first-order valence-corrected chi connectivity index (χ1v) is 7.37. The number of nitro benzene ring substituents is 1. The van der Waals surface area contributed by atoms with Gasteiger partial charge in [0.25, 0.3) is 11.6 Å². The number of nitro groups is 1. The molecule has 0 aliphatic heterocycles. The Morgan fingerprint density at radius 2 is 1.96 bits per heavy atom. The number of esters is 1. The molecule has 0 aliphatic rings. The number of nitrogens with one attached hydrogen (secondary N) is 1. The Bertz CT molecular complexity index is 868. The Kier molecular flexibility index (Phi) is 5.84. The summed E-state index contributed by atoms with van der Waals surface area (Å²) in [6, 6.07) is 7.49. The molecule has 0 aliphatic carbocycles. The van der Waals surface area contributed by atoms with Gasteiger partial charge in [-0.3, -0.25) is 14.9 Å². The minimum Gasteiger partial charge on any atom is -0.494 e. The van der Waals surface area contributed by atoms with Gasteiger partial charge in [0, 0.05) is 12.1 Å².